The maximum Gasteiger partial charge on any atom is 0.167 e. The van der Waals surface area contributed by atoms with E-state index in [2.05, 4.69) is 33.8 Å². The third-order valence-corrected chi connectivity index (χ3v) is 4.85. The van der Waals surface area contributed by atoms with E-state index in [-0.39, 0.29) is 11.3 Å². The first-order valence-electron chi connectivity index (χ1n) is 6.03. The highest BCUT2D eigenvalue weighted by atomic mass is 32.1. The summed E-state index contributed by atoms with van der Waals surface area (Å²) in [6.07, 6.45) is 3.46. The topological polar surface area (TPSA) is 17.1 Å². The summed E-state index contributed by atoms with van der Waals surface area (Å²) in [5.74, 6) is 0.615. The van der Waals surface area contributed by atoms with Crippen molar-refractivity contribution in [1.82, 2.24) is 0 Å². The minimum atomic E-state index is 0.194. The Bertz CT molecular complexity index is 414. The molecule has 0 saturated heterocycles. The van der Waals surface area contributed by atoms with E-state index in [4.69, 9.17) is 0 Å². The molecule has 1 fully saturated rings. The van der Waals surface area contributed by atoms with E-state index in [1.165, 1.54) is 22.6 Å². The molecule has 88 valence electrons. The molecule has 0 aromatic carbocycles. The van der Waals surface area contributed by atoms with Gasteiger partial charge in [0.15, 0.2) is 5.78 Å². The van der Waals surface area contributed by atoms with Gasteiger partial charge in [-0.05, 0) is 38.2 Å². The van der Waals surface area contributed by atoms with Gasteiger partial charge < -0.3 is 0 Å². The molecule has 2 rings (SSSR count). The molecule has 1 aliphatic carbocycles. The van der Waals surface area contributed by atoms with Gasteiger partial charge in [0.25, 0.3) is 0 Å². The lowest BCUT2D eigenvalue weighted by Crippen LogP contribution is -2.25. The Morgan fingerprint density at radius 1 is 1.44 bits per heavy atom. The highest BCUT2D eigenvalue weighted by Crippen LogP contribution is 2.44. The third kappa shape index (κ3) is 1.95. The van der Waals surface area contributed by atoms with E-state index in [1.54, 1.807) is 11.3 Å². The van der Waals surface area contributed by atoms with Crippen molar-refractivity contribution in [3.63, 3.8) is 0 Å². The van der Waals surface area contributed by atoms with Crippen LogP contribution in [-0.4, -0.2) is 5.78 Å². The first-order valence-corrected chi connectivity index (χ1v) is 6.85. The molecule has 1 aliphatic rings. The van der Waals surface area contributed by atoms with Crippen molar-refractivity contribution in [2.75, 3.05) is 0 Å². The maximum atomic E-state index is 12.5. The van der Waals surface area contributed by atoms with Crippen LogP contribution in [0, 0.1) is 25.2 Å². The molecule has 0 spiro atoms. The van der Waals surface area contributed by atoms with Crippen LogP contribution in [0.3, 0.4) is 0 Å². The second-order valence-corrected chi connectivity index (χ2v) is 7.09. The van der Waals surface area contributed by atoms with Crippen LogP contribution < -0.4 is 0 Å². The van der Waals surface area contributed by atoms with Gasteiger partial charge in [-0.15, -0.1) is 11.3 Å². The minimum absolute atomic E-state index is 0.194. The van der Waals surface area contributed by atoms with Crippen molar-refractivity contribution in [3.8, 4) is 0 Å². The minimum Gasteiger partial charge on any atom is -0.294 e. The third-order valence-electron chi connectivity index (χ3n) is 3.88. The van der Waals surface area contributed by atoms with Crippen molar-refractivity contribution in [3.05, 3.63) is 21.4 Å². The Hall–Kier alpha value is -0.630. The quantitative estimate of drug-likeness (QED) is 0.697. The van der Waals surface area contributed by atoms with Crippen molar-refractivity contribution < 1.29 is 4.79 Å². The van der Waals surface area contributed by atoms with Gasteiger partial charge >= 0.3 is 0 Å². The molecule has 1 aromatic heterocycles. The summed E-state index contributed by atoms with van der Waals surface area (Å²) >= 11 is 1.74. The fourth-order valence-corrected chi connectivity index (χ4v) is 3.81. The molecule has 1 nitrogen and oxygen atoms in total. The van der Waals surface area contributed by atoms with E-state index >= 15 is 0 Å². The second kappa shape index (κ2) is 3.99. The van der Waals surface area contributed by atoms with Gasteiger partial charge in [-0.1, -0.05) is 20.3 Å². The van der Waals surface area contributed by atoms with E-state index in [0.717, 1.165) is 12.0 Å². The van der Waals surface area contributed by atoms with Crippen LogP contribution >= 0.6 is 11.3 Å². The van der Waals surface area contributed by atoms with Crippen LogP contribution in [0.15, 0.2) is 6.07 Å². The van der Waals surface area contributed by atoms with Gasteiger partial charge in [-0.25, -0.2) is 0 Å². The fraction of sp³-hybridized carbons (Fsp3) is 0.643. The molecule has 1 atom stereocenters. The zero-order valence-electron chi connectivity index (χ0n) is 10.6. The molecule has 0 N–H and O–H groups in total. The van der Waals surface area contributed by atoms with Crippen molar-refractivity contribution in [2.45, 2.75) is 47.0 Å². The number of ketones is 1. The number of hydrogen-bond donors (Lipinski definition) is 0. The number of Topliss-reactive ketones (excluding diaryl/α,β-unsaturated/α-hetero) is 1. The number of carbonyl (C=O) groups is 1. The first kappa shape index (κ1) is 11.8. The molecule has 1 saturated carbocycles. The van der Waals surface area contributed by atoms with Crippen molar-refractivity contribution in [1.29, 1.82) is 0 Å². The van der Waals surface area contributed by atoms with Crippen LogP contribution in [0.25, 0.3) is 0 Å². The Kier molecular flexibility index (Phi) is 2.95. The summed E-state index contributed by atoms with van der Waals surface area (Å²) in [5.41, 5.74) is 1.17. The van der Waals surface area contributed by atoms with E-state index in [1.807, 2.05) is 0 Å². The van der Waals surface area contributed by atoms with E-state index in [0.29, 0.717) is 5.78 Å². The molecule has 16 heavy (non-hydrogen) atoms. The highest BCUT2D eigenvalue weighted by molar-refractivity contribution is 7.12. The molecule has 0 aliphatic heterocycles. The molecular weight excluding hydrogens is 216 g/mol. The molecule has 1 heterocycles. The van der Waals surface area contributed by atoms with Crippen LogP contribution in [0.4, 0.5) is 0 Å². The smallest absolute Gasteiger partial charge is 0.167 e. The van der Waals surface area contributed by atoms with Gasteiger partial charge in [0, 0.05) is 21.2 Å². The molecule has 0 amide bonds. The van der Waals surface area contributed by atoms with Crippen molar-refractivity contribution in [2.24, 2.45) is 11.3 Å². The Morgan fingerprint density at radius 2 is 2.12 bits per heavy atom. The molecule has 1 unspecified atom stereocenters. The van der Waals surface area contributed by atoms with Gasteiger partial charge in [0.2, 0.25) is 0 Å². The average Bonchev–Trinajstić information content (AvgIpc) is 2.68. The van der Waals surface area contributed by atoms with Crippen LogP contribution in [-0.2, 0) is 0 Å². The molecular formula is C14H20OS. The summed E-state index contributed by atoms with van der Waals surface area (Å²) in [5, 5.41) is 0. The van der Waals surface area contributed by atoms with Gasteiger partial charge in [0.1, 0.15) is 0 Å². The van der Waals surface area contributed by atoms with Gasteiger partial charge in [-0.3, -0.25) is 4.79 Å². The Morgan fingerprint density at radius 3 is 2.56 bits per heavy atom. The zero-order chi connectivity index (χ0) is 11.9. The van der Waals surface area contributed by atoms with Crippen molar-refractivity contribution >= 4 is 17.1 Å². The molecule has 1 aromatic rings. The number of hydrogen-bond acceptors (Lipinski definition) is 2. The molecule has 0 bridgehead atoms. The lowest BCUT2D eigenvalue weighted by atomic mass is 9.78. The van der Waals surface area contributed by atoms with Gasteiger partial charge in [-0.2, -0.15) is 0 Å². The summed E-state index contributed by atoms with van der Waals surface area (Å²) < 4.78 is 0. The Labute approximate surface area is 102 Å². The lowest BCUT2D eigenvalue weighted by Gasteiger charge is -2.25. The van der Waals surface area contributed by atoms with Crippen LogP contribution in [0.2, 0.25) is 0 Å². The first-order chi connectivity index (χ1) is 7.42. The van der Waals surface area contributed by atoms with Crippen LogP contribution in [0.5, 0.6) is 0 Å². The number of thiophene rings is 1. The zero-order valence-corrected chi connectivity index (χ0v) is 11.4. The van der Waals surface area contributed by atoms with E-state index in [9.17, 15) is 4.79 Å². The highest BCUT2D eigenvalue weighted by Gasteiger charge is 2.40. The second-order valence-electron chi connectivity index (χ2n) is 5.62. The van der Waals surface area contributed by atoms with E-state index < -0.39 is 0 Å². The standard InChI is InChI=1S/C14H20OS/c1-9-8-11(10(2)16-9)13(15)12-6-5-7-14(12,3)4/h8,12H,5-7H2,1-4H3. The molecule has 2 heteroatoms. The number of aryl methyl sites for hydroxylation is 2. The van der Waals surface area contributed by atoms with Crippen LogP contribution in [0.1, 0.15) is 53.2 Å². The maximum absolute atomic E-state index is 12.5. The monoisotopic (exact) mass is 236 g/mol. The largest absolute Gasteiger partial charge is 0.294 e. The number of rotatable bonds is 2. The average molecular weight is 236 g/mol. The summed E-state index contributed by atoms with van der Waals surface area (Å²) in [4.78, 5) is 14.9. The molecule has 0 radical (unpaired) electrons. The number of carbonyl (C=O) groups excluding carboxylic acids is 1. The summed E-state index contributed by atoms with van der Waals surface area (Å²) in [7, 11) is 0. The predicted molar refractivity (Wildman–Crippen MR) is 69.2 cm³/mol. The van der Waals surface area contributed by atoms with Gasteiger partial charge in [0.05, 0.1) is 0 Å². The Balaban J connectivity index is 2.29. The lowest BCUT2D eigenvalue weighted by molar-refractivity contribution is 0.0839. The predicted octanol–water partition coefficient (Wildman–Crippen LogP) is 4.37. The normalized spacial score (nSPS) is 23.6. The SMILES string of the molecule is Cc1cc(C(=O)C2CCCC2(C)C)c(C)s1. The summed E-state index contributed by atoms with van der Waals surface area (Å²) in [6.45, 7) is 8.61. The fourth-order valence-electron chi connectivity index (χ4n) is 2.88. The summed E-state index contributed by atoms with van der Waals surface area (Å²) in [6, 6.07) is 2.07.